The van der Waals surface area contributed by atoms with Gasteiger partial charge >= 0.3 is 5.91 Å². The van der Waals surface area contributed by atoms with Crippen LogP contribution >= 0.6 is 0 Å². The molecule has 6 nitrogen and oxygen atoms in total. The maximum atomic E-state index is 12.9. The van der Waals surface area contributed by atoms with Gasteiger partial charge in [-0.2, -0.15) is 0 Å². The van der Waals surface area contributed by atoms with E-state index >= 15 is 0 Å². The molecule has 0 bridgehead atoms. The van der Waals surface area contributed by atoms with Gasteiger partial charge in [-0.1, -0.05) is 32.9 Å². The minimum atomic E-state index is -0.743. The van der Waals surface area contributed by atoms with Crippen molar-refractivity contribution in [2.45, 2.75) is 27.2 Å². The fourth-order valence-corrected chi connectivity index (χ4v) is 2.90. The number of carbonyl (C=O) groups excluding carboxylic acids is 2. The number of anilines is 1. The zero-order valence-electron chi connectivity index (χ0n) is 16.8. The Morgan fingerprint density at radius 3 is 2.07 bits per heavy atom. The summed E-state index contributed by atoms with van der Waals surface area (Å²) in [5.41, 5.74) is 0.822. The first kappa shape index (κ1) is 20.5. The molecule has 0 aliphatic carbocycles. The van der Waals surface area contributed by atoms with Gasteiger partial charge in [0.05, 0.1) is 24.5 Å². The Hall–Kier alpha value is -3.28. The largest absolute Gasteiger partial charge is 0.502 e. The maximum Gasteiger partial charge on any atom is 0.301 e. The molecule has 1 N–H and O–H groups in total. The van der Waals surface area contributed by atoms with Crippen LogP contribution in [0, 0.1) is 5.92 Å². The van der Waals surface area contributed by atoms with Crippen molar-refractivity contribution >= 4 is 23.1 Å². The van der Waals surface area contributed by atoms with Crippen molar-refractivity contribution in [1.29, 1.82) is 0 Å². The molecule has 0 unspecified atom stereocenters. The van der Waals surface area contributed by atoms with E-state index in [4.69, 9.17) is 9.47 Å². The summed E-state index contributed by atoms with van der Waals surface area (Å²) >= 11 is 0. The highest BCUT2D eigenvalue weighted by Crippen LogP contribution is 2.33. The molecular formula is C23H25NO5. The molecule has 152 valence electrons. The van der Waals surface area contributed by atoms with E-state index < -0.39 is 17.6 Å². The summed E-state index contributed by atoms with van der Waals surface area (Å²) in [7, 11) is 0. The molecule has 0 saturated carbocycles. The molecule has 0 aromatic heterocycles. The first-order valence-corrected chi connectivity index (χ1v) is 9.70. The second-order valence-electron chi connectivity index (χ2n) is 7.24. The number of carbonyl (C=O) groups is 2. The summed E-state index contributed by atoms with van der Waals surface area (Å²) in [5.74, 6) is -0.156. The van der Waals surface area contributed by atoms with Crippen LogP contribution in [0.15, 0.2) is 54.3 Å². The lowest BCUT2D eigenvalue weighted by Gasteiger charge is -2.15. The van der Waals surface area contributed by atoms with E-state index in [0.29, 0.717) is 41.9 Å². The second-order valence-corrected chi connectivity index (χ2v) is 7.24. The van der Waals surface area contributed by atoms with E-state index in [1.165, 1.54) is 0 Å². The number of nitrogens with zero attached hydrogens (tertiary/aromatic N) is 1. The van der Waals surface area contributed by atoms with Crippen LogP contribution in [0.3, 0.4) is 0 Å². The zero-order chi connectivity index (χ0) is 21.0. The number of aliphatic hydroxyl groups excluding tert-OH is 1. The van der Waals surface area contributed by atoms with Crippen molar-refractivity contribution in [3.63, 3.8) is 0 Å². The van der Waals surface area contributed by atoms with Crippen molar-refractivity contribution in [2.75, 3.05) is 18.1 Å². The Morgan fingerprint density at radius 1 is 0.897 bits per heavy atom. The summed E-state index contributed by atoms with van der Waals surface area (Å²) in [4.78, 5) is 26.4. The van der Waals surface area contributed by atoms with Gasteiger partial charge in [-0.15, -0.1) is 0 Å². The van der Waals surface area contributed by atoms with Gasteiger partial charge in [0.15, 0.2) is 5.76 Å². The highest BCUT2D eigenvalue weighted by Gasteiger charge is 2.40. The summed E-state index contributed by atoms with van der Waals surface area (Å²) in [6.07, 6.45) is 0.886. The Bertz CT molecular complexity index is 913. The van der Waals surface area contributed by atoms with E-state index in [9.17, 15) is 14.7 Å². The minimum Gasteiger partial charge on any atom is -0.502 e. The minimum absolute atomic E-state index is 0.0165. The molecule has 2 amide bonds. The number of imide groups is 1. The summed E-state index contributed by atoms with van der Waals surface area (Å²) in [6, 6.07) is 13.4. The van der Waals surface area contributed by atoms with Crippen LogP contribution in [-0.2, 0) is 9.59 Å². The predicted molar refractivity (Wildman–Crippen MR) is 111 cm³/mol. The number of hydrogen-bond donors (Lipinski definition) is 1. The van der Waals surface area contributed by atoms with Crippen molar-refractivity contribution in [3.8, 4) is 11.5 Å². The Morgan fingerprint density at radius 2 is 1.48 bits per heavy atom. The molecule has 3 rings (SSSR count). The van der Waals surface area contributed by atoms with Crippen molar-refractivity contribution < 1.29 is 24.2 Å². The third kappa shape index (κ3) is 4.42. The standard InChI is InChI=1S/C23H25NO5/c1-4-13-28-18-9-5-16(6-10-18)20-21(25)23(27)24(22(20)26)17-7-11-19(12-8-17)29-14-15(2)3/h5-12,15,25H,4,13-14H2,1-3H3. The Balaban J connectivity index is 1.79. The van der Waals surface area contributed by atoms with Gasteiger partial charge in [0.25, 0.3) is 5.91 Å². The zero-order valence-corrected chi connectivity index (χ0v) is 16.8. The summed E-state index contributed by atoms with van der Waals surface area (Å²) < 4.78 is 11.2. The van der Waals surface area contributed by atoms with Crippen LogP contribution in [0.4, 0.5) is 5.69 Å². The molecule has 2 aromatic carbocycles. The average molecular weight is 395 g/mol. The van der Waals surface area contributed by atoms with Gasteiger partial charge in [0.1, 0.15) is 11.5 Å². The molecule has 2 aromatic rings. The number of benzene rings is 2. The number of amides is 2. The second kappa shape index (κ2) is 8.82. The highest BCUT2D eigenvalue weighted by atomic mass is 16.5. The van der Waals surface area contributed by atoms with E-state index in [2.05, 4.69) is 0 Å². The molecule has 0 radical (unpaired) electrons. The Labute approximate surface area is 170 Å². The lowest BCUT2D eigenvalue weighted by atomic mass is 10.1. The topological polar surface area (TPSA) is 76.1 Å². The van der Waals surface area contributed by atoms with Crippen molar-refractivity contribution in [1.82, 2.24) is 0 Å². The lowest BCUT2D eigenvalue weighted by molar-refractivity contribution is -0.121. The van der Waals surface area contributed by atoms with Gasteiger partial charge in [-0.3, -0.25) is 9.59 Å². The van der Waals surface area contributed by atoms with Gasteiger partial charge in [0.2, 0.25) is 0 Å². The molecule has 0 fully saturated rings. The van der Waals surface area contributed by atoms with E-state index in [1.54, 1.807) is 48.5 Å². The SMILES string of the molecule is CCCOc1ccc(C2=C(O)C(=O)N(c3ccc(OCC(C)C)cc3)C2=O)cc1. The molecule has 0 atom stereocenters. The van der Waals surface area contributed by atoms with Gasteiger partial charge < -0.3 is 14.6 Å². The van der Waals surface area contributed by atoms with Crippen LogP contribution < -0.4 is 14.4 Å². The first-order chi connectivity index (χ1) is 13.9. The molecule has 6 heteroatoms. The van der Waals surface area contributed by atoms with Crippen molar-refractivity contribution in [3.05, 3.63) is 59.9 Å². The van der Waals surface area contributed by atoms with E-state index in [-0.39, 0.29) is 5.57 Å². The van der Waals surface area contributed by atoms with E-state index in [1.807, 2.05) is 20.8 Å². The molecular weight excluding hydrogens is 370 g/mol. The number of rotatable bonds is 8. The van der Waals surface area contributed by atoms with Crippen LogP contribution in [0.1, 0.15) is 32.8 Å². The highest BCUT2D eigenvalue weighted by molar-refractivity contribution is 6.44. The molecule has 1 heterocycles. The number of ether oxygens (including phenoxy) is 2. The number of hydrogen-bond acceptors (Lipinski definition) is 5. The molecule has 0 saturated heterocycles. The molecule has 1 aliphatic rings. The average Bonchev–Trinajstić information content (AvgIpc) is 2.94. The maximum absolute atomic E-state index is 12.9. The third-order valence-electron chi connectivity index (χ3n) is 4.35. The van der Waals surface area contributed by atoms with E-state index in [0.717, 1.165) is 11.3 Å². The molecule has 0 spiro atoms. The fraction of sp³-hybridized carbons (Fsp3) is 0.304. The van der Waals surface area contributed by atoms with Crippen LogP contribution in [0.25, 0.3) is 5.57 Å². The van der Waals surface area contributed by atoms with Crippen molar-refractivity contribution in [2.24, 2.45) is 5.92 Å². The summed E-state index contributed by atoms with van der Waals surface area (Å²) in [6.45, 7) is 7.28. The quantitative estimate of drug-likeness (QED) is 0.673. The lowest BCUT2D eigenvalue weighted by Crippen LogP contribution is -2.31. The first-order valence-electron chi connectivity index (χ1n) is 9.70. The normalized spacial score (nSPS) is 14.1. The monoisotopic (exact) mass is 395 g/mol. The van der Waals surface area contributed by atoms with Gasteiger partial charge in [-0.05, 0) is 54.3 Å². The fourth-order valence-electron chi connectivity index (χ4n) is 2.90. The summed E-state index contributed by atoms with van der Waals surface area (Å²) in [5, 5.41) is 10.3. The van der Waals surface area contributed by atoms with Crippen LogP contribution in [0.5, 0.6) is 11.5 Å². The number of aliphatic hydroxyl groups is 1. The van der Waals surface area contributed by atoms with Crippen LogP contribution in [0.2, 0.25) is 0 Å². The smallest absolute Gasteiger partial charge is 0.301 e. The molecule has 1 aliphatic heterocycles. The van der Waals surface area contributed by atoms with Crippen LogP contribution in [-0.4, -0.2) is 30.1 Å². The predicted octanol–water partition coefficient (Wildman–Crippen LogP) is 4.35. The Kier molecular flexibility index (Phi) is 6.22. The van der Waals surface area contributed by atoms with Gasteiger partial charge in [-0.25, -0.2) is 4.90 Å². The third-order valence-corrected chi connectivity index (χ3v) is 4.35. The molecule has 29 heavy (non-hydrogen) atoms. The van der Waals surface area contributed by atoms with Gasteiger partial charge in [0, 0.05) is 0 Å².